The van der Waals surface area contributed by atoms with Gasteiger partial charge in [-0.1, -0.05) is 54.1 Å². The molecule has 5 nitrogen and oxygen atoms in total. The second-order valence-corrected chi connectivity index (χ2v) is 9.94. The van der Waals surface area contributed by atoms with Crippen molar-refractivity contribution in [2.75, 3.05) is 26.2 Å². The Balaban J connectivity index is 1.48. The SMILES string of the molecule is O=S(=O)(c1cc(Br)cnc1Cl)N1CCN(Cc2cccc3ccccc23)CC1. The normalized spacial score (nSPS) is 16.5. The molecule has 146 valence electrons. The van der Waals surface area contributed by atoms with Crippen molar-refractivity contribution in [3.8, 4) is 0 Å². The first-order valence-electron chi connectivity index (χ1n) is 8.95. The Morgan fingerprint density at radius 1 is 1.04 bits per heavy atom. The first-order valence-corrected chi connectivity index (χ1v) is 11.6. The van der Waals surface area contributed by atoms with E-state index < -0.39 is 10.0 Å². The highest BCUT2D eigenvalue weighted by molar-refractivity contribution is 9.10. The summed E-state index contributed by atoms with van der Waals surface area (Å²) in [6.45, 7) is 2.99. The van der Waals surface area contributed by atoms with Gasteiger partial charge in [0.15, 0.2) is 0 Å². The van der Waals surface area contributed by atoms with Gasteiger partial charge < -0.3 is 0 Å². The van der Waals surface area contributed by atoms with Gasteiger partial charge in [-0.3, -0.25) is 4.90 Å². The van der Waals surface area contributed by atoms with Crippen LogP contribution in [0.4, 0.5) is 0 Å². The minimum absolute atomic E-state index is 0.00128. The molecule has 1 aliphatic rings. The molecule has 1 saturated heterocycles. The minimum atomic E-state index is -3.66. The molecular weight excluding hydrogens is 462 g/mol. The summed E-state index contributed by atoms with van der Waals surface area (Å²) in [4.78, 5) is 6.28. The molecule has 0 aliphatic carbocycles. The molecule has 0 amide bonds. The van der Waals surface area contributed by atoms with Gasteiger partial charge in [0.1, 0.15) is 10.0 Å². The van der Waals surface area contributed by atoms with E-state index in [1.54, 1.807) is 0 Å². The number of halogens is 2. The second kappa shape index (κ2) is 8.08. The van der Waals surface area contributed by atoms with Crippen molar-refractivity contribution in [3.63, 3.8) is 0 Å². The Morgan fingerprint density at radius 3 is 2.54 bits per heavy atom. The lowest BCUT2D eigenvalue weighted by molar-refractivity contribution is 0.182. The number of hydrogen-bond acceptors (Lipinski definition) is 4. The van der Waals surface area contributed by atoms with Gasteiger partial charge in [0.25, 0.3) is 0 Å². The fraction of sp³-hybridized carbons (Fsp3) is 0.250. The van der Waals surface area contributed by atoms with Crippen molar-refractivity contribution in [1.82, 2.24) is 14.2 Å². The standard InChI is InChI=1S/C20H19BrClN3O2S/c21-17-12-19(20(22)23-13-17)28(26,27)25-10-8-24(9-11-25)14-16-6-3-5-15-4-1-2-7-18(15)16/h1-7,12-13H,8-11,14H2. The average Bonchev–Trinajstić information content (AvgIpc) is 2.70. The number of fused-ring (bicyclic) bond motifs is 1. The molecule has 4 rings (SSSR count). The van der Waals surface area contributed by atoms with Crippen molar-refractivity contribution < 1.29 is 8.42 Å². The summed E-state index contributed by atoms with van der Waals surface area (Å²) in [6.07, 6.45) is 1.49. The number of rotatable bonds is 4. The molecular formula is C20H19BrClN3O2S. The van der Waals surface area contributed by atoms with Crippen LogP contribution < -0.4 is 0 Å². The molecule has 0 bridgehead atoms. The molecule has 0 saturated carbocycles. The van der Waals surface area contributed by atoms with Crippen LogP contribution in [-0.4, -0.2) is 48.8 Å². The maximum atomic E-state index is 13.0. The number of benzene rings is 2. The average molecular weight is 481 g/mol. The zero-order chi connectivity index (χ0) is 19.7. The summed E-state index contributed by atoms with van der Waals surface area (Å²) in [7, 11) is -3.66. The molecule has 0 radical (unpaired) electrons. The van der Waals surface area contributed by atoms with Crippen molar-refractivity contribution in [1.29, 1.82) is 0 Å². The Hall–Kier alpha value is -1.51. The third-order valence-corrected chi connectivity index (χ3v) is 7.76. The summed E-state index contributed by atoms with van der Waals surface area (Å²) in [5, 5.41) is 2.46. The number of piperazine rings is 1. The van der Waals surface area contributed by atoms with Crippen LogP contribution in [0.1, 0.15) is 5.56 Å². The van der Waals surface area contributed by atoms with Gasteiger partial charge in [0, 0.05) is 43.4 Å². The quantitative estimate of drug-likeness (QED) is 0.526. The zero-order valence-corrected chi connectivity index (χ0v) is 18.2. The van der Waals surface area contributed by atoms with Crippen LogP contribution in [-0.2, 0) is 16.6 Å². The van der Waals surface area contributed by atoms with Crippen molar-refractivity contribution in [2.24, 2.45) is 0 Å². The van der Waals surface area contributed by atoms with Crippen LogP contribution in [0.3, 0.4) is 0 Å². The van der Waals surface area contributed by atoms with E-state index in [2.05, 4.69) is 56.1 Å². The molecule has 0 N–H and O–H groups in total. The summed E-state index contributed by atoms with van der Waals surface area (Å²) < 4.78 is 28.0. The molecule has 2 heterocycles. The van der Waals surface area contributed by atoms with Gasteiger partial charge in [-0.05, 0) is 38.3 Å². The van der Waals surface area contributed by atoms with Gasteiger partial charge in [-0.2, -0.15) is 4.31 Å². The van der Waals surface area contributed by atoms with Gasteiger partial charge in [0.05, 0.1) is 0 Å². The maximum Gasteiger partial charge on any atom is 0.246 e. The molecule has 8 heteroatoms. The molecule has 28 heavy (non-hydrogen) atoms. The molecule has 3 aromatic rings. The lowest BCUT2D eigenvalue weighted by Gasteiger charge is -2.34. The van der Waals surface area contributed by atoms with E-state index in [9.17, 15) is 8.42 Å². The number of nitrogens with zero attached hydrogens (tertiary/aromatic N) is 3. The van der Waals surface area contributed by atoms with Crippen LogP contribution in [0.25, 0.3) is 10.8 Å². The van der Waals surface area contributed by atoms with Crippen LogP contribution >= 0.6 is 27.5 Å². The van der Waals surface area contributed by atoms with Gasteiger partial charge in [-0.15, -0.1) is 0 Å². The largest absolute Gasteiger partial charge is 0.296 e. The fourth-order valence-electron chi connectivity index (χ4n) is 3.52. The highest BCUT2D eigenvalue weighted by atomic mass is 79.9. The third kappa shape index (κ3) is 3.95. The molecule has 0 atom stereocenters. The first kappa shape index (κ1) is 19.8. The predicted molar refractivity (Wildman–Crippen MR) is 115 cm³/mol. The van der Waals surface area contributed by atoms with Gasteiger partial charge >= 0.3 is 0 Å². The Bertz CT molecular complexity index is 1110. The highest BCUT2D eigenvalue weighted by Crippen LogP contribution is 2.27. The minimum Gasteiger partial charge on any atom is -0.296 e. The number of aromatic nitrogens is 1. The molecule has 1 aromatic heterocycles. The van der Waals surface area contributed by atoms with E-state index in [0.717, 1.165) is 6.54 Å². The topological polar surface area (TPSA) is 53.5 Å². The van der Waals surface area contributed by atoms with E-state index in [-0.39, 0.29) is 10.0 Å². The van der Waals surface area contributed by atoms with E-state index in [4.69, 9.17) is 11.6 Å². The number of hydrogen-bond donors (Lipinski definition) is 0. The van der Waals surface area contributed by atoms with E-state index in [0.29, 0.717) is 30.7 Å². The summed E-state index contributed by atoms with van der Waals surface area (Å²) in [5.74, 6) is 0. The smallest absolute Gasteiger partial charge is 0.246 e. The Kier molecular flexibility index (Phi) is 5.71. The van der Waals surface area contributed by atoms with Crippen LogP contribution in [0, 0.1) is 0 Å². The molecule has 1 aliphatic heterocycles. The van der Waals surface area contributed by atoms with Crippen molar-refractivity contribution in [3.05, 3.63) is 69.9 Å². The summed E-state index contributed by atoms with van der Waals surface area (Å²) in [5.41, 5.74) is 1.26. The third-order valence-electron chi connectivity index (χ3n) is 5.00. The number of sulfonamides is 1. The van der Waals surface area contributed by atoms with Crippen molar-refractivity contribution >= 4 is 48.3 Å². The fourth-order valence-corrected chi connectivity index (χ4v) is 5.87. The molecule has 2 aromatic carbocycles. The van der Waals surface area contributed by atoms with Gasteiger partial charge in [-0.25, -0.2) is 13.4 Å². The van der Waals surface area contributed by atoms with E-state index in [1.165, 1.54) is 32.9 Å². The summed E-state index contributed by atoms with van der Waals surface area (Å²) >= 11 is 9.31. The second-order valence-electron chi connectivity index (χ2n) is 6.76. The van der Waals surface area contributed by atoms with Crippen LogP contribution in [0.15, 0.2) is 64.1 Å². The Labute approximate surface area is 178 Å². The zero-order valence-electron chi connectivity index (χ0n) is 15.1. The monoisotopic (exact) mass is 479 g/mol. The van der Waals surface area contributed by atoms with Gasteiger partial charge in [0.2, 0.25) is 10.0 Å². The maximum absolute atomic E-state index is 13.0. The molecule has 1 fully saturated rings. The lowest BCUT2D eigenvalue weighted by Crippen LogP contribution is -2.48. The molecule has 0 unspecified atom stereocenters. The Morgan fingerprint density at radius 2 is 1.75 bits per heavy atom. The van der Waals surface area contributed by atoms with Crippen molar-refractivity contribution in [2.45, 2.75) is 11.4 Å². The summed E-state index contributed by atoms with van der Waals surface area (Å²) in [6, 6.07) is 16.2. The lowest BCUT2D eigenvalue weighted by atomic mass is 10.0. The van der Waals surface area contributed by atoms with Crippen LogP contribution in [0.2, 0.25) is 5.15 Å². The van der Waals surface area contributed by atoms with E-state index in [1.807, 2.05) is 12.1 Å². The molecule has 0 spiro atoms. The predicted octanol–water partition coefficient (Wildman–Crippen LogP) is 4.16. The highest BCUT2D eigenvalue weighted by Gasteiger charge is 2.30. The first-order chi connectivity index (χ1) is 13.4. The number of pyridine rings is 1. The van der Waals surface area contributed by atoms with Crippen LogP contribution in [0.5, 0.6) is 0 Å². The van der Waals surface area contributed by atoms with E-state index >= 15 is 0 Å².